The van der Waals surface area contributed by atoms with Gasteiger partial charge in [-0.1, -0.05) is 11.6 Å². The third kappa shape index (κ3) is 1.80. The summed E-state index contributed by atoms with van der Waals surface area (Å²) in [5.74, 6) is -0.101. The molecule has 1 heterocycles. The molecule has 1 aromatic rings. The van der Waals surface area contributed by atoms with E-state index in [1.165, 1.54) is 11.3 Å². The molecule has 1 rings (SSSR count). The maximum absolute atomic E-state index is 11.2. The highest BCUT2D eigenvalue weighted by Crippen LogP contribution is 2.21. The SMILES string of the molecule is C[C@H](N)C(=O)c1cscc1Cl. The summed E-state index contributed by atoms with van der Waals surface area (Å²) in [6.45, 7) is 1.65. The molecule has 0 bridgehead atoms. The van der Waals surface area contributed by atoms with Crippen molar-refractivity contribution in [2.75, 3.05) is 0 Å². The molecule has 0 amide bonds. The van der Waals surface area contributed by atoms with Crippen LogP contribution in [0.5, 0.6) is 0 Å². The minimum absolute atomic E-state index is 0.101. The van der Waals surface area contributed by atoms with Gasteiger partial charge in [-0.2, -0.15) is 11.3 Å². The lowest BCUT2D eigenvalue weighted by Crippen LogP contribution is -2.26. The number of hydrogen-bond donors (Lipinski definition) is 1. The smallest absolute Gasteiger partial charge is 0.181 e. The summed E-state index contributed by atoms with van der Waals surface area (Å²) in [7, 11) is 0. The Morgan fingerprint density at radius 2 is 2.36 bits per heavy atom. The molecule has 0 fully saturated rings. The van der Waals surface area contributed by atoms with Crippen molar-refractivity contribution < 1.29 is 4.79 Å². The van der Waals surface area contributed by atoms with Crippen LogP contribution in [-0.2, 0) is 0 Å². The molecule has 0 aromatic carbocycles. The van der Waals surface area contributed by atoms with E-state index in [1.807, 2.05) is 0 Å². The number of carbonyl (C=O) groups excluding carboxylic acids is 1. The van der Waals surface area contributed by atoms with Crippen molar-refractivity contribution in [2.24, 2.45) is 5.73 Å². The lowest BCUT2D eigenvalue weighted by Gasteiger charge is -2.00. The predicted octanol–water partition coefficient (Wildman–Crippen LogP) is 1.93. The molecule has 11 heavy (non-hydrogen) atoms. The van der Waals surface area contributed by atoms with Crippen LogP contribution in [0.2, 0.25) is 5.02 Å². The molecule has 0 aliphatic heterocycles. The van der Waals surface area contributed by atoms with E-state index < -0.39 is 6.04 Å². The second-order valence-electron chi connectivity index (χ2n) is 2.29. The van der Waals surface area contributed by atoms with Gasteiger partial charge in [0.1, 0.15) is 0 Å². The van der Waals surface area contributed by atoms with Crippen LogP contribution < -0.4 is 5.73 Å². The van der Waals surface area contributed by atoms with Crippen LogP contribution in [0.3, 0.4) is 0 Å². The quantitative estimate of drug-likeness (QED) is 0.723. The first-order valence-electron chi connectivity index (χ1n) is 3.14. The summed E-state index contributed by atoms with van der Waals surface area (Å²) in [6.07, 6.45) is 0. The number of thiophene rings is 1. The van der Waals surface area contributed by atoms with Crippen LogP contribution in [0, 0.1) is 0 Å². The summed E-state index contributed by atoms with van der Waals surface area (Å²) < 4.78 is 0. The molecule has 0 unspecified atom stereocenters. The van der Waals surface area contributed by atoms with E-state index in [-0.39, 0.29) is 5.78 Å². The molecule has 60 valence electrons. The number of carbonyl (C=O) groups is 1. The van der Waals surface area contributed by atoms with E-state index in [9.17, 15) is 4.79 Å². The second-order valence-corrected chi connectivity index (χ2v) is 3.44. The molecule has 4 heteroatoms. The fourth-order valence-corrected chi connectivity index (χ4v) is 1.76. The fourth-order valence-electron chi connectivity index (χ4n) is 0.703. The van der Waals surface area contributed by atoms with Gasteiger partial charge in [0, 0.05) is 16.3 Å². The molecule has 2 N–H and O–H groups in total. The van der Waals surface area contributed by atoms with Crippen molar-refractivity contribution in [3.8, 4) is 0 Å². The van der Waals surface area contributed by atoms with E-state index in [0.717, 1.165) is 0 Å². The van der Waals surface area contributed by atoms with E-state index >= 15 is 0 Å². The van der Waals surface area contributed by atoms with E-state index in [4.69, 9.17) is 17.3 Å². The molecular formula is C7H8ClNOS. The first kappa shape index (κ1) is 8.71. The molecule has 0 aliphatic rings. The Morgan fingerprint density at radius 3 is 2.73 bits per heavy atom. The minimum atomic E-state index is -0.470. The molecule has 0 radical (unpaired) electrons. The third-order valence-electron chi connectivity index (χ3n) is 1.29. The van der Waals surface area contributed by atoms with E-state index in [1.54, 1.807) is 17.7 Å². The van der Waals surface area contributed by atoms with Gasteiger partial charge >= 0.3 is 0 Å². The van der Waals surface area contributed by atoms with Gasteiger partial charge in [0.05, 0.1) is 11.1 Å². The van der Waals surface area contributed by atoms with Crippen molar-refractivity contribution in [3.63, 3.8) is 0 Å². The highest BCUT2D eigenvalue weighted by atomic mass is 35.5. The molecule has 1 atom stereocenters. The molecule has 0 saturated heterocycles. The standard InChI is InChI=1S/C7H8ClNOS/c1-4(9)7(10)5-2-11-3-6(5)8/h2-4H,9H2,1H3/t4-/m0/s1. The maximum Gasteiger partial charge on any atom is 0.181 e. The average molecular weight is 190 g/mol. The summed E-state index contributed by atoms with van der Waals surface area (Å²) in [5.41, 5.74) is 5.93. The Bertz CT molecular complexity index is 269. The zero-order valence-electron chi connectivity index (χ0n) is 6.00. The molecule has 0 spiro atoms. The Balaban J connectivity index is 2.93. The highest BCUT2D eigenvalue weighted by molar-refractivity contribution is 7.08. The fraction of sp³-hybridized carbons (Fsp3) is 0.286. The first-order valence-corrected chi connectivity index (χ1v) is 4.46. The molecule has 1 aromatic heterocycles. The maximum atomic E-state index is 11.2. The van der Waals surface area contributed by atoms with Crippen LogP contribution in [-0.4, -0.2) is 11.8 Å². The van der Waals surface area contributed by atoms with Gasteiger partial charge in [-0.3, -0.25) is 4.79 Å². The largest absolute Gasteiger partial charge is 0.321 e. The van der Waals surface area contributed by atoms with Gasteiger partial charge in [0.2, 0.25) is 0 Å². The average Bonchev–Trinajstić information content (AvgIpc) is 2.33. The van der Waals surface area contributed by atoms with Gasteiger partial charge < -0.3 is 5.73 Å². The molecule has 2 nitrogen and oxygen atoms in total. The zero-order valence-corrected chi connectivity index (χ0v) is 7.58. The summed E-state index contributed by atoms with van der Waals surface area (Å²) in [4.78, 5) is 11.2. The van der Waals surface area contributed by atoms with Gasteiger partial charge in [0.25, 0.3) is 0 Å². The van der Waals surface area contributed by atoms with Crippen LogP contribution in [0.4, 0.5) is 0 Å². The second kappa shape index (κ2) is 3.34. The van der Waals surface area contributed by atoms with Crippen molar-refractivity contribution >= 4 is 28.7 Å². The van der Waals surface area contributed by atoms with E-state index in [0.29, 0.717) is 10.6 Å². The summed E-state index contributed by atoms with van der Waals surface area (Å²) in [6, 6.07) is -0.470. The minimum Gasteiger partial charge on any atom is -0.321 e. The van der Waals surface area contributed by atoms with Crippen LogP contribution in [0.15, 0.2) is 10.8 Å². The molecule has 0 aliphatic carbocycles. The van der Waals surface area contributed by atoms with Crippen LogP contribution >= 0.6 is 22.9 Å². The molecule has 0 saturated carbocycles. The van der Waals surface area contributed by atoms with Crippen molar-refractivity contribution in [2.45, 2.75) is 13.0 Å². The Kier molecular flexibility index (Phi) is 2.65. The van der Waals surface area contributed by atoms with Gasteiger partial charge in [-0.05, 0) is 6.92 Å². The van der Waals surface area contributed by atoms with E-state index in [2.05, 4.69) is 0 Å². The number of Topliss-reactive ketones (excluding diaryl/α,β-unsaturated/α-hetero) is 1. The summed E-state index contributed by atoms with van der Waals surface area (Å²) in [5, 5.41) is 3.93. The Labute approximate surface area is 74.0 Å². The van der Waals surface area contributed by atoms with Gasteiger partial charge in [0.15, 0.2) is 5.78 Å². The predicted molar refractivity (Wildman–Crippen MR) is 47.3 cm³/mol. The third-order valence-corrected chi connectivity index (χ3v) is 2.48. The van der Waals surface area contributed by atoms with Gasteiger partial charge in [-0.25, -0.2) is 0 Å². The van der Waals surface area contributed by atoms with Gasteiger partial charge in [-0.15, -0.1) is 0 Å². The van der Waals surface area contributed by atoms with Crippen LogP contribution in [0.1, 0.15) is 17.3 Å². The van der Waals surface area contributed by atoms with Crippen molar-refractivity contribution in [1.29, 1.82) is 0 Å². The topological polar surface area (TPSA) is 43.1 Å². The normalized spacial score (nSPS) is 13.0. The lowest BCUT2D eigenvalue weighted by molar-refractivity contribution is 0.0968. The number of ketones is 1. The van der Waals surface area contributed by atoms with Crippen LogP contribution in [0.25, 0.3) is 0 Å². The zero-order chi connectivity index (χ0) is 8.43. The van der Waals surface area contributed by atoms with Crippen molar-refractivity contribution in [1.82, 2.24) is 0 Å². The lowest BCUT2D eigenvalue weighted by atomic mass is 10.1. The van der Waals surface area contributed by atoms with Crippen molar-refractivity contribution in [3.05, 3.63) is 21.3 Å². The summed E-state index contributed by atoms with van der Waals surface area (Å²) >= 11 is 7.12. The Morgan fingerprint density at radius 1 is 1.73 bits per heavy atom. The number of nitrogens with two attached hydrogens (primary N) is 1. The molecular weight excluding hydrogens is 182 g/mol. The number of halogens is 1. The number of hydrogen-bond acceptors (Lipinski definition) is 3. The highest BCUT2D eigenvalue weighted by Gasteiger charge is 2.14. The first-order chi connectivity index (χ1) is 5.13. The number of rotatable bonds is 2. The monoisotopic (exact) mass is 189 g/mol. The Hall–Kier alpha value is -0.380.